The minimum Gasteiger partial charge on any atom is -0.350 e. The molecule has 1 aliphatic rings. The van der Waals surface area contributed by atoms with Crippen LogP contribution >= 0.6 is 11.8 Å². The summed E-state index contributed by atoms with van der Waals surface area (Å²) >= 11 is 1.45. The molecule has 8 heteroatoms. The summed E-state index contributed by atoms with van der Waals surface area (Å²) in [7, 11) is 0. The Hall–Kier alpha value is -2.84. The van der Waals surface area contributed by atoms with Crippen LogP contribution in [0.5, 0.6) is 0 Å². The molecule has 2 aromatic carbocycles. The lowest BCUT2D eigenvalue weighted by Crippen LogP contribution is -2.51. The van der Waals surface area contributed by atoms with Gasteiger partial charge < -0.3 is 10.6 Å². The fourth-order valence-corrected chi connectivity index (χ4v) is 5.17. The number of amides is 3. The van der Waals surface area contributed by atoms with Gasteiger partial charge in [-0.25, -0.2) is 5.48 Å². The fourth-order valence-electron chi connectivity index (χ4n) is 4.06. The van der Waals surface area contributed by atoms with Crippen LogP contribution in [0, 0.1) is 17.8 Å². The minimum atomic E-state index is -0.760. The molecular formula is C25H31N3O4S. The van der Waals surface area contributed by atoms with Crippen LogP contribution in [0.25, 0.3) is 0 Å². The van der Waals surface area contributed by atoms with E-state index < -0.39 is 23.8 Å². The lowest BCUT2D eigenvalue weighted by atomic mass is 9.84. The Bertz CT molecular complexity index is 967. The number of hydroxylamine groups is 1. The molecule has 0 fully saturated rings. The quantitative estimate of drug-likeness (QED) is 0.257. The van der Waals surface area contributed by atoms with Gasteiger partial charge in [0.25, 0.3) is 0 Å². The van der Waals surface area contributed by atoms with E-state index in [1.165, 1.54) is 11.8 Å². The van der Waals surface area contributed by atoms with Gasteiger partial charge in [0.2, 0.25) is 17.7 Å². The van der Waals surface area contributed by atoms with E-state index in [4.69, 9.17) is 0 Å². The first-order valence-corrected chi connectivity index (χ1v) is 12.1. The van der Waals surface area contributed by atoms with Gasteiger partial charge in [-0.05, 0) is 35.6 Å². The molecule has 0 aliphatic carbocycles. The molecule has 1 heterocycles. The Labute approximate surface area is 198 Å². The van der Waals surface area contributed by atoms with Gasteiger partial charge in [0.05, 0.1) is 11.8 Å². The van der Waals surface area contributed by atoms with E-state index >= 15 is 0 Å². The molecule has 3 rings (SSSR count). The van der Waals surface area contributed by atoms with Gasteiger partial charge in [0.15, 0.2) is 0 Å². The average molecular weight is 470 g/mol. The normalized spacial score (nSPS) is 17.3. The molecule has 0 bridgehead atoms. The van der Waals surface area contributed by atoms with Crippen LogP contribution in [0.4, 0.5) is 0 Å². The van der Waals surface area contributed by atoms with Gasteiger partial charge in [0, 0.05) is 23.6 Å². The Morgan fingerprint density at radius 2 is 1.70 bits per heavy atom. The summed E-state index contributed by atoms with van der Waals surface area (Å²) < 4.78 is 0. The lowest BCUT2D eigenvalue weighted by Gasteiger charge is -2.28. The Morgan fingerprint density at radius 1 is 1.03 bits per heavy atom. The number of thioether (sulfide) groups is 1. The second-order valence-corrected chi connectivity index (χ2v) is 9.79. The van der Waals surface area contributed by atoms with Crippen molar-refractivity contribution >= 4 is 29.5 Å². The highest BCUT2D eigenvalue weighted by molar-refractivity contribution is 7.99. The molecule has 3 atom stereocenters. The molecule has 7 nitrogen and oxygen atoms in total. The number of fused-ring (bicyclic) bond motifs is 1. The highest BCUT2D eigenvalue weighted by Crippen LogP contribution is 2.29. The van der Waals surface area contributed by atoms with E-state index in [0.717, 1.165) is 16.0 Å². The largest absolute Gasteiger partial charge is 0.350 e. The summed E-state index contributed by atoms with van der Waals surface area (Å²) in [5.74, 6) is -2.20. The van der Waals surface area contributed by atoms with Gasteiger partial charge in [-0.1, -0.05) is 56.3 Å². The summed E-state index contributed by atoms with van der Waals surface area (Å²) in [6, 6.07) is 16.6. The average Bonchev–Trinajstić information content (AvgIpc) is 2.97. The number of benzene rings is 2. The van der Waals surface area contributed by atoms with Crippen LogP contribution in [0.1, 0.15) is 31.4 Å². The summed E-state index contributed by atoms with van der Waals surface area (Å²) in [6.45, 7) is 4.38. The van der Waals surface area contributed by atoms with E-state index in [2.05, 4.69) is 10.6 Å². The van der Waals surface area contributed by atoms with Crippen LogP contribution in [-0.2, 0) is 27.3 Å². The molecule has 0 saturated heterocycles. The van der Waals surface area contributed by atoms with Crippen LogP contribution in [0.15, 0.2) is 59.5 Å². The van der Waals surface area contributed by atoms with Gasteiger partial charge in [-0.2, -0.15) is 0 Å². The molecule has 0 radical (unpaired) electrons. The molecule has 1 aliphatic heterocycles. The first-order valence-electron chi connectivity index (χ1n) is 11.2. The molecule has 4 N–H and O–H groups in total. The number of nitrogens with one attached hydrogen (secondary N) is 3. The summed E-state index contributed by atoms with van der Waals surface area (Å²) in [5, 5.41) is 15.1. The van der Waals surface area contributed by atoms with Gasteiger partial charge in [0.1, 0.15) is 6.04 Å². The topological polar surface area (TPSA) is 108 Å². The monoisotopic (exact) mass is 469 g/mol. The molecule has 0 saturated carbocycles. The van der Waals surface area contributed by atoms with E-state index in [1.807, 2.05) is 68.4 Å². The second-order valence-electron chi connectivity index (χ2n) is 8.69. The molecule has 176 valence electrons. The van der Waals surface area contributed by atoms with Crippen molar-refractivity contribution in [3.8, 4) is 0 Å². The molecule has 3 amide bonds. The van der Waals surface area contributed by atoms with Crippen molar-refractivity contribution in [3.05, 3.63) is 65.7 Å². The number of rotatable bonds is 9. The molecule has 0 aromatic heterocycles. The first-order chi connectivity index (χ1) is 15.9. The summed E-state index contributed by atoms with van der Waals surface area (Å²) in [5.41, 5.74) is 3.77. The Kier molecular flexibility index (Phi) is 8.91. The number of hydrogen-bond donors (Lipinski definition) is 4. The first kappa shape index (κ1) is 24.8. The van der Waals surface area contributed by atoms with Crippen molar-refractivity contribution in [1.82, 2.24) is 16.1 Å². The molecule has 2 aromatic rings. The fraction of sp³-hybridized carbons (Fsp3) is 0.400. The zero-order valence-corrected chi connectivity index (χ0v) is 19.7. The SMILES string of the molecule is CC(C)C[C@@H](C(=O)N[C@H]1Cc2ccccc2CNC1=O)[C@H](CSc1ccccc1)C(=O)NO. The van der Waals surface area contributed by atoms with E-state index in [9.17, 15) is 19.6 Å². The maximum Gasteiger partial charge on any atom is 0.248 e. The number of hydrogen-bond acceptors (Lipinski definition) is 5. The highest BCUT2D eigenvalue weighted by Gasteiger charge is 2.36. The van der Waals surface area contributed by atoms with E-state index in [-0.39, 0.29) is 17.7 Å². The van der Waals surface area contributed by atoms with Gasteiger partial charge in [-0.3, -0.25) is 19.6 Å². The third-order valence-electron chi connectivity index (χ3n) is 5.80. The number of carbonyl (C=O) groups excluding carboxylic acids is 3. The molecule has 0 spiro atoms. The molecule has 0 unspecified atom stereocenters. The minimum absolute atomic E-state index is 0.139. The van der Waals surface area contributed by atoms with Gasteiger partial charge >= 0.3 is 0 Å². The lowest BCUT2D eigenvalue weighted by molar-refractivity contribution is -0.140. The van der Waals surface area contributed by atoms with Crippen molar-refractivity contribution in [3.63, 3.8) is 0 Å². The second kappa shape index (κ2) is 11.9. The predicted octanol–water partition coefficient (Wildman–Crippen LogP) is 2.92. The van der Waals surface area contributed by atoms with Gasteiger partial charge in [-0.15, -0.1) is 11.8 Å². The van der Waals surface area contributed by atoms with Crippen LogP contribution in [0.2, 0.25) is 0 Å². The predicted molar refractivity (Wildman–Crippen MR) is 127 cm³/mol. The van der Waals surface area contributed by atoms with Crippen LogP contribution in [0.3, 0.4) is 0 Å². The molecule has 33 heavy (non-hydrogen) atoms. The maximum atomic E-state index is 13.4. The van der Waals surface area contributed by atoms with Crippen molar-refractivity contribution in [2.24, 2.45) is 17.8 Å². The third kappa shape index (κ3) is 6.82. The van der Waals surface area contributed by atoms with Crippen molar-refractivity contribution in [2.75, 3.05) is 5.75 Å². The van der Waals surface area contributed by atoms with Crippen LogP contribution < -0.4 is 16.1 Å². The van der Waals surface area contributed by atoms with Crippen molar-refractivity contribution in [1.29, 1.82) is 0 Å². The number of carbonyl (C=O) groups is 3. The summed E-state index contributed by atoms with van der Waals surface area (Å²) in [6.07, 6.45) is 0.835. The summed E-state index contributed by atoms with van der Waals surface area (Å²) in [4.78, 5) is 39.7. The zero-order valence-electron chi connectivity index (χ0n) is 18.9. The van der Waals surface area contributed by atoms with E-state index in [0.29, 0.717) is 25.1 Å². The zero-order chi connectivity index (χ0) is 23.8. The van der Waals surface area contributed by atoms with E-state index in [1.54, 1.807) is 5.48 Å². The Balaban J connectivity index is 1.79. The van der Waals surface area contributed by atoms with Crippen molar-refractivity contribution < 1.29 is 19.6 Å². The van der Waals surface area contributed by atoms with Crippen LogP contribution in [-0.4, -0.2) is 34.7 Å². The standard InChI is InChI=1S/C25H31N3O4S/c1-16(2)12-20(21(24(30)28-32)15-33-19-10-4-3-5-11-19)23(29)27-22-13-17-8-6-7-9-18(17)14-26-25(22)31/h3-11,16,20-22,32H,12-15H2,1-2H3,(H,26,31)(H,27,29)(H,28,30)/t20-,21+,22+/m1/s1. The maximum absolute atomic E-state index is 13.4. The highest BCUT2D eigenvalue weighted by atomic mass is 32.2. The van der Waals surface area contributed by atoms with Crippen molar-refractivity contribution in [2.45, 2.75) is 44.2 Å². The third-order valence-corrected chi connectivity index (χ3v) is 6.93. The Morgan fingerprint density at radius 3 is 2.36 bits per heavy atom. The molecular weight excluding hydrogens is 438 g/mol. The smallest absolute Gasteiger partial charge is 0.248 e.